The van der Waals surface area contributed by atoms with E-state index >= 15 is 0 Å². The second kappa shape index (κ2) is 5.89. The Bertz CT molecular complexity index is 482. The summed E-state index contributed by atoms with van der Waals surface area (Å²) in [6.45, 7) is 3.85. The Balaban J connectivity index is 2.10. The van der Waals surface area contributed by atoms with Gasteiger partial charge in [0.15, 0.2) is 0 Å². The van der Waals surface area contributed by atoms with Crippen molar-refractivity contribution in [2.75, 3.05) is 6.54 Å². The molecule has 0 aliphatic heterocycles. The van der Waals surface area contributed by atoms with E-state index in [4.69, 9.17) is 0 Å². The lowest BCUT2D eigenvalue weighted by Crippen LogP contribution is -2.13. The molecule has 0 saturated carbocycles. The Morgan fingerprint density at radius 3 is 2.94 bits per heavy atom. The van der Waals surface area contributed by atoms with Crippen molar-refractivity contribution in [1.82, 2.24) is 10.3 Å². The first-order chi connectivity index (χ1) is 8.31. The summed E-state index contributed by atoms with van der Waals surface area (Å²) < 4.78 is 13.5. The minimum atomic E-state index is -0.213. The van der Waals surface area contributed by atoms with Crippen LogP contribution in [0.25, 0.3) is 10.6 Å². The standard InChI is InChI=1S/C13H15FN2S/c1-2-7-15-8-10-9-17-13(16-10)11-5-3-4-6-12(11)14/h3-6,9,15H,2,7-8H2,1H3. The van der Waals surface area contributed by atoms with Gasteiger partial charge in [0.2, 0.25) is 0 Å². The second-order valence-electron chi connectivity index (χ2n) is 3.80. The number of nitrogens with zero attached hydrogens (tertiary/aromatic N) is 1. The topological polar surface area (TPSA) is 24.9 Å². The van der Waals surface area contributed by atoms with E-state index in [0.717, 1.165) is 30.2 Å². The molecule has 17 heavy (non-hydrogen) atoms. The molecule has 0 aliphatic carbocycles. The van der Waals surface area contributed by atoms with Crippen LogP contribution in [0.3, 0.4) is 0 Å². The van der Waals surface area contributed by atoms with Crippen LogP contribution in [0, 0.1) is 5.82 Å². The van der Waals surface area contributed by atoms with Crippen LogP contribution < -0.4 is 5.32 Å². The van der Waals surface area contributed by atoms with Crippen LogP contribution in [0.15, 0.2) is 29.6 Å². The minimum absolute atomic E-state index is 0.213. The van der Waals surface area contributed by atoms with Gasteiger partial charge in [-0.3, -0.25) is 0 Å². The summed E-state index contributed by atoms with van der Waals surface area (Å²) in [6, 6.07) is 6.74. The zero-order chi connectivity index (χ0) is 12.1. The van der Waals surface area contributed by atoms with Crippen molar-refractivity contribution >= 4 is 11.3 Å². The number of benzene rings is 1. The van der Waals surface area contributed by atoms with E-state index in [1.54, 1.807) is 12.1 Å². The molecule has 2 aromatic rings. The zero-order valence-electron chi connectivity index (χ0n) is 9.74. The van der Waals surface area contributed by atoms with Crippen molar-refractivity contribution in [3.63, 3.8) is 0 Å². The molecular formula is C13H15FN2S. The lowest BCUT2D eigenvalue weighted by molar-refractivity contribution is 0.631. The molecule has 0 aliphatic rings. The smallest absolute Gasteiger partial charge is 0.133 e. The van der Waals surface area contributed by atoms with E-state index in [-0.39, 0.29) is 5.82 Å². The summed E-state index contributed by atoms with van der Waals surface area (Å²) in [4.78, 5) is 4.43. The number of rotatable bonds is 5. The normalized spacial score (nSPS) is 10.7. The molecule has 0 bridgehead atoms. The van der Waals surface area contributed by atoms with Gasteiger partial charge in [0.05, 0.1) is 5.69 Å². The fourth-order valence-electron chi connectivity index (χ4n) is 1.54. The van der Waals surface area contributed by atoms with Crippen LogP contribution in [0.1, 0.15) is 19.0 Å². The fraction of sp³-hybridized carbons (Fsp3) is 0.308. The third-order valence-corrected chi connectivity index (χ3v) is 3.31. The molecule has 0 saturated heterocycles. The molecule has 1 heterocycles. The molecule has 0 fully saturated rings. The van der Waals surface area contributed by atoms with Gasteiger partial charge in [-0.15, -0.1) is 11.3 Å². The summed E-state index contributed by atoms with van der Waals surface area (Å²) in [6.07, 6.45) is 1.10. The van der Waals surface area contributed by atoms with E-state index < -0.39 is 0 Å². The van der Waals surface area contributed by atoms with Gasteiger partial charge in [0.25, 0.3) is 0 Å². The number of hydrogen-bond donors (Lipinski definition) is 1. The van der Waals surface area contributed by atoms with E-state index in [2.05, 4.69) is 17.2 Å². The van der Waals surface area contributed by atoms with Crippen molar-refractivity contribution in [3.8, 4) is 10.6 Å². The Hall–Kier alpha value is -1.26. The predicted molar refractivity (Wildman–Crippen MR) is 69.5 cm³/mol. The molecule has 0 radical (unpaired) electrons. The van der Waals surface area contributed by atoms with Crippen molar-refractivity contribution in [1.29, 1.82) is 0 Å². The van der Waals surface area contributed by atoms with Gasteiger partial charge in [-0.1, -0.05) is 19.1 Å². The maximum Gasteiger partial charge on any atom is 0.133 e. The van der Waals surface area contributed by atoms with Crippen LogP contribution in [0.4, 0.5) is 4.39 Å². The van der Waals surface area contributed by atoms with Crippen LogP contribution in [-0.2, 0) is 6.54 Å². The molecule has 1 N–H and O–H groups in total. The highest BCUT2D eigenvalue weighted by molar-refractivity contribution is 7.13. The van der Waals surface area contributed by atoms with Crippen molar-refractivity contribution in [2.24, 2.45) is 0 Å². The Labute approximate surface area is 105 Å². The third kappa shape index (κ3) is 3.11. The molecule has 1 aromatic heterocycles. The largest absolute Gasteiger partial charge is 0.311 e. The number of aromatic nitrogens is 1. The maximum atomic E-state index is 13.5. The van der Waals surface area contributed by atoms with Gasteiger partial charge in [-0.05, 0) is 25.1 Å². The third-order valence-electron chi connectivity index (χ3n) is 2.39. The van der Waals surface area contributed by atoms with E-state index in [0.29, 0.717) is 5.56 Å². The first kappa shape index (κ1) is 12.2. The average Bonchev–Trinajstić information content (AvgIpc) is 2.79. The molecule has 1 aromatic carbocycles. The quantitative estimate of drug-likeness (QED) is 0.822. The zero-order valence-corrected chi connectivity index (χ0v) is 10.6. The highest BCUT2D eigenvalue weighted by atomic mass is 32.1. The highest BCUT2D eigenvalue weighted by Gasteiger charge is 2.08. The summed E-state index contributed by atoms with van der Waals surface area (Å²) in [5.74, 6) is -0.213. The Morgan fingerprint density at radius 2 is 2.18 bits per heavy atom. The fourth-order valence-corrected chi connectivity index (χ4v) is 2.39. The monoisotopic (exact) mass is 250 g/mol. The van der Waals surface area contributed by atoms with Gasteiger partial charge in [0.1, 0.15) is 10.8 Å². The molecule has 0 atom stereocenters. The second-order valence-corrected chi connectivity index (χ2v) is 4.66. The van der Waals surface area contributed by atoms with Gasteiger partial charge < -0.3 is 5.32 Å². The lowest BCUT2D eigenvalue weighted by atomic mass is 10.2. The van der Waals surface area contributed by atoms with E-state index in [1.807, 2.05) is 11.4 Å². The number of hydrogen-bond acceptors (Lipinski definition) is 3. The van der Waals surface area contributed by atoms with Crippen molar-refractivity contribution < 1.29 is 4.39 Å². The summed E-state index contributed by atoms with van der Waals surface area (Å²) >= 11 is 1.48. The van der Waals surface area contributed by atoms with Gasteiger partial charge in [0, 0.05) is 17.5 Å². The molecule has 0 amide bonds. The SMILES string of the molecule is CCCNCc1csc(-c2ccccc2F)n1. The molecule has 0 unspecified atom stereocenters. The summed E-state index contributed by atoms with van der Waals surface area (Å²) in [5, 5.41) is 6.00. The molecule has 90 valence electrons. The van der Waals surface area contributed by atoms with Gasteiger partial charge >= 0.3 is 0 Å². The molecule has 2 nitrogen and oxygen atoms in total. The first-order valence-electron chi connectivity index (χ1n) is 5.71. The van der Waals surface area contributed by atoms with Gasteiger partial charge in [-0.2, -0.15) is 0 Å². The van der Waals surface area contributed by atoms with Crippen LogP contribution in [0.5, 0.6) is 0 Å². The maximum absolute atomic E-state index is 13.5. The highest BCUT2D eigenvalue weighted by Crippen LogP contribution is 2.25. The first-order valence-corrected chi connectivity index (χ1v) is 6.59. The van der Waals surface area contributed by atoms with E-state index in [1.165, 1.54) is 17.4 Å². The number of halogens is 1. The molecule has 2 rings (SSSR count). The summed E-state index contributed by atoms with van der Waals surface area (Å²) in [5.41, 5.74) is 1.56. The predicted octanol–water partition coefficient (Wildman–Crippen LogP) is 3.45. The molecule has 0 spiro atoms. The molecular weight excluding hydrogens is 235 g/mol. The summed E-state index contributed by atoms with van der Waals surface area (Å²) in [7, 11) is 0. The van der Waals surface area contributed by atoms with Crippen molar-refractivity contribution in [3.05, 3.63) is 41.2 Å². The Kier molecular flexibility index (Phi) is 4.23. The van der Waals surface area contributed by atoms with Gasteiger partial charge in [-0.25, -0.2) is 9.37 Å². The minimum Gasteiger partial charge on any atom is -0.311 e. The average molecular weight is 250 g/mol. The van der Waals surface area contributed by atoms with Crippen LogP contribution in [0.2, 0.25) is 0 Å². The lowest BCUT2D eigenvalue weighted by Gasteiger charge is -1.99. The van der Waals surface area contributed by atoms with E-state index in [9.17, 15) is 4.39 Å². The number of thiazole rings is 1. The Morgan fingerprint density at radius 1 is 1.35 bits per heavy atom. The van der Waals surface area contributed by atoms with Crippen molar-refractivity contribution in [2.45, 2.75) is 19.9 Å². The number of nitrogens with one attached hydrogen (secondary N) is 1. The van der Waals surface area contributed by atoms with Crippen LogP contribution in [-0.4, -0.2) is 11.5 Å². The molecule has 4 heteroatoms. The van der Waals surface area contributed by atoms with Crippen LogP contribution >= 0.6 is 11.3 Å².